The Balaban J connectivity index is 2.62. The second-order valence-electron chi connectivity index (χ2n) is 3.46. The highest BCUT2D eigenvalue weighted by Crippen LogP contribution is 2.13. The van der Waals surface area contributed by atoms with Crippen LogP contribution in [0.4, 0.5) is 0 Å². The topological polar surface area (TPSA) is 35.5 Å². The second kappa shape index (κ2) is 5.95. The van der Waals surface area contributed by atoms with E-state index in [0.717, 1.165) is 5.56 Å². The first kappa shape index (κ1) is 12.3. The monoisotopic (exact) mass is 220 g/mol. The van der Waals surface area contributed by atoms with E-state index in [-0.39, 0.29) is 5.97 Å². The van der Waals surface area contributed by atoms with Gasteiger partial charge in [0.15, 0.2) is 0 Å². The Labute approximate surface area is 95.7 Å². The lowest BCUT2D eigenvalue weighted by molar-refractivity contribution is -0.138. The van der Waals surface area contributed by atoms with Crippen molar-refractivity contribution in [3.8, 4) is 5.75 Å². The average Bonchev–Trinajstić information content (AvgIpc) is 2.26. The molecule has 0 fully saturated rings. The van der Waals surface area contributed by atoms with Gasteiger partial charge < -0.3 is 9.47 Å². The van der Waals surface area contributed by atoms with Crippen LogP contribution in [0.1, 0.15) is 19.4 Å². The van der Waals surface area contributed by atoms with Crippen molar-refractivity contribution in [1.82, 2.24) is 0 Å². The molecule has 0 aromatic heterocycles. The van der Waals surface area contributed by atoms with Gasteiger partial charge in [-0.25, -0.2) is 4.79 Å². The fraction of sp³-hybridized carbons (Fsp3) is 0.308. The number of hydrogen-bond acceptors (Lipinski definition) is 3. The lowest BCUT2D eigenvalue weighted by atomic mass is 10.2. The highest BCUT2D eigenvalue weighted by molar-refractivity contribution is 5.87. The second-order valence-corrected chi connectivity index (χ2v) is 3.46. The van der Waals surface area contributed by atoms with Gasteiger partial charge in [0.2, 0.25) is 0 Å². The number of carbonyl (C=O) groups excluding carboxylic acids is 1. The molecule has 0 radical (unpaired) electrons. The number of carbonyl (C=O) groups is 1. The zero-order chi connectivity index (χ0) is 12.0. The van der Waals surface area contributed by atoms with E-state index in [1.54, 1.807) is 13.8 Å². The predicted molar refractivity (Wildman–Crippen MR) is 62.2 cm³/mol. The Kier molecular flexibility index (Phi) is 4.58. The molecule has 3 nitrogen and oxygen atoms in total. The van der Waals surface area contributed by atoms with E-state index in [0.29, 0.717) is 17.9 Å². The quantitative estimate of drug-likeness (QED) is 0.444. The maximum absolute atomic E-state index is 11.3. The molecule has 0 spiro atoms. The van der Waals surface area contributed by atoms with Crippen LogP contribution in [0.3, 0.4) is 0 Å². The minimum atomic E-state index is -0.352. The molecule has 1 rings (SSSR count). The Bertz CT molecular complexity index is 394. The summed E-state index contributed by atoms with van der Waals surface area (Å²) in [7, 11) is 0. The molecule has 86 valence electrons. The zero-order valence-electron chi connectivity index (χ0n) is 9.82. The Morgan fingerprint density at radius 1 is 1.44 bits per heavy atom. The minimum absolute atomic E-state index is 0.352. The minimum Gasteiger partial charge on any atom is -0.464 e. The molecular formula is C13H16O3. The van der Waals surface area contributed by atoms with Gasteiger partial charge in [-0.1, -0.05) is 12.1 Å². The van der Waals surface area contributed by atoms with Crippen LogP contribution in [0.25, 0.3) is 0 Å². The summed E-state index contributed by atoms with van der Waals surface area (Å²) in [6.07, 6.45) is 1.41. The molecule has 3 heteroatoms. The van der Waals surface area contributed by atoms with Crippen LogP contribution >= 0.6 is 0 Å². The highest BCUT2D eigenvalue weighted by atomic mass is 16.5. The van der Waals surface area contributed by atoms with E-state index in [1.165, 1.54) is 6.26 Å². The molecule has 0 saturated carbocycles. The van der Waals surface area contributed by atoms with Gasteiger partial charge in [0.25, 0.3) is 0 Å². The third-order valence-corrected chi connectivity index (χ3v) is 1.96. The van der Waals surface area contributed by atoms with E-state index in [2.05, 4.69) is 0 Å². The maximum atomic E-state index is 11.3. The Morgan fingerprint density at radius 3 is 2.81 bits per heavy atom. The standard InChI is InChI=1S/C13H16O3/c1-4-15-13(14)11(3)9-16-12-7-5-6-10(2)8-12/h5-9H,4H2,1-3H3/b11-9+. The number of benzene rings is 1. The highest BCUT2D eigenvalue weighted by Gasteiger charge is 2.04. The molecule has 0 unspecified atom stereocenters. The maximum Gasteiger partial charge on any atom is 0.336 e. The smallest absolute Gasteiger partial charge is 0.336 e. The molecule has 0 aliphatic rings. The summed E-state index contributed by atoms with van der Waals surface area (Å²) < 4.78 is 10.2. The van der Waals surface area contributed by atoms with Crippen molar-refractivity contribution in [2.24, 2.45) is 0 Å². The van der Waals surface area contributed by atoms with Crippen molar-refractivity contribution in [3.63, 3.8) is 0 Å². The molecule has 0 aliphatic heterocycles. The van der Waals surface area contributed by atoms with Crippen molar-refractivity contribution in [2.45, 2.75) is 20.8 Å². The lowest BCUT2D eigenvalue weighted by Gasteiger charge is -2.04. The molecule has 0 bridgehead atoms. The van der Waals surface area contributed by atoms with Crippen LogP contribution in [0.2, 0.25) is 0 Å². The molecule has 1 aromatic rings. The summed E-state index contributed by atoms with van der Waals surface area (Å²) in [6.45, 7) is 5.78. The predicted octanol–water partition coefficient (Wildman–Crippen LogP) is 2.84. The van der Waals surface area contributed by atoms with Crippen LogP contribution in [0.15, 0.2) is 36.1 Å². The number of ether oxygens (including phenoxy) is 2. The first-order valence-electron chi connectivity index (χ1n) is 5.20. The molecule has 0 amide bonds. The fourth-order valence-corrected chi connectivity index (χ4v) is 1.14. The van der Waals surface area contributed by atoms with Crippen molar-refractivity contribution < 1.29 is 14.3 Å². The number of aryl methyl sites for hydroxylation is 1. The van der Waals surface area contributed by atoms with Crippen LogP contribution in [-0.4, -0.2) is 12.6 Å². The molecule has 0 heterocycles. The SMILES string of the molecule is CCOC(=O)/C(C)=C/Oc1cccc(C)c1. The van der Waals surface area contributed by atoms with Gasteiger partial charge in [-0.05, 0) is 38.5 Å². The molecule has 0 atom stereocenters. The third-order valence-electron chi connectivity index (χ3n) is 1.96. The van der Waals surface area contributed by atoms with Gasteiger partial charge in [-0.2, -0.15) is 0 Å². The largest absolute Gasteiger partial charge is 0.464 e. The normalized spacial score (nSPS) is 11.1. The van der Waals surface area contributed by atoms with E-state index in [1.807, 2.05) is 31.2 Å². The third kappa shape index (κ3) is 3.77. The fourth-order valence-electron chi connectivity index (χ4n) is 1.14. The van der Waals surface area contributed by atoms with E-state index in [9.17, 15) is 4.79 Å². The van der Waals surface area contributed by atoms with Gasteiger partial charge in [-0.15, -0.1) is 0 Å². The molecule has 16 heavy (non-hydrogen) atoms. The van der Waals surface area contributed by atoms with Gasteiger partial charge in [0.1, 0.15) is 12.0 Å². The van der Waals surface area contributed by atoms with Crippen molar-refractivity contribution in [3.05, 3.63) is 41.7 Å². The van der Waals surface area contributed by atoms with Gasteiger partial charge in [0, 0.05) is 0 Å². The summed E-state index contributed by atoms with van der Waals surface area (Å²) in [6, 6.07) is 7.61. The molecule has 0 aliphatic carbocycles. The van der Waals surface area contributed by atoms with Crippen LogP contribution in [0, 0.1) is 6.92 Å². The first-order valence-corrected chi connectivity index (χ1v) is 5.20. The van der Waals surface area contributed by atoms with Crippen LogP contribution in [0.5, 0.6) is 5.75 Å². The zero-order valence-corrected chi connectivity index (χ0v) is 9.82. The van der Waals surface area contributed by atoms with Crippen LogP contribution < -0.4 is 4.74 Å². The number of hydrogen-bond donors (Lipinski definition) is 0. The summed E-state index contributed by atoms with van der Waals surface area (Å²) >= 11 is 0. The molecular weight excluding hydrogens is 204 g/mol. The van der Waals surface area contributed by atoms with E-state index in [4.69, 9.17) is 9.47 Å². The average molecular weight is 220 g/mol. The van der Waals surface area contributed by atoms with Crippen molar-refractivity contribution >= 4 is 5.97 Å². The molecule has 0 N–H and O–H groups in total. The van der Waals surface area contributed by atoms with Gasteiger partial charge in [-0.3, -0.25) is 0 Å². The first-order chi connectivity index (χ1) is 7.63. The lowest BCUT2D eigenvalue weighted by Crippen LogP contribution is -2.06. The number of rotatable bonds is 4. The van der Waals surface area contributed by atoms with E-state index < -0.39 is 0 Å². The number of esters is 1. The summed E-state index contributed by atoms with van der Waals surface area (Å²) in [4.78, 5) is 11.3. The van der Waals surface area contributed by atoms with Gasteiger partial charge >= 0.3 is 5.97 Å². The summed E-state index contributed by atoms with van der Waals surface area (Å²) in [5, 5.41) is 0. The Hall–Kier alpha value is -1.77. The van der Waals surface area contributed by atoms with Crippen LogP contribution in [-0.2, 0) is 9.53 Å². The Morgan fingerprint density at radius 2 is 2.19 bits per heavy atom. The summed E-state index contributed by atoms with van der Waals surface area (Å²) in [5.41, 5.74) is 1.56. The van der Waals surface area contributed by atoms with Gasteiger partial charge in [0.05, 0.1) is 12.2 Å². The summed E-state index contributed by atoms with van der Waals surface area (Å²) in [5.74, 6) is 0.360. The molecule has 1 aromatic carbocycles. The van der Waals surface area contributed by atoms with Crippen molar-refractivity contribution in [1.29, 1.82) is 0 Å². The van der Waals surface area contributed by atoms with E-state index >= 15 is 0 Å². The molecule has 0 saturated heterocycles. The van der Waals surface area contributed by atoms with Crippen molar-refractivity contribution in [2.75, 3.05) is 6.61 Å².